The average molecular weight is 298 g/mol. The molecule has 3 unspecified atom stereocenters. The van der Waals surface area contributed by atoms with Crippen molar-refractivity contribution in [1.29, 1.82) is 0 Å². The van der Waals surface area contributed by atoms with Gasteiger partial charge < -0.3 is 15.2 Å². The highest BCUT2D eigenvalue weighted by Gasteiger charge is 2.44. The number of likely N-dealkylation sites (tertiary alicyclic amines) is 1. The number of nitrogens with zero attached hydrogens (tertiary/aromatic N) is 1. The molecule has 0 spiro atoms. The highest BCUT2D eigenvalue weighted by atomic mass is 16.5. The van der Waals surface area contributed by atoms with Crippen LogP contribution in [0.25, 0.3) is 0 Å². The van der Waals surface area contributed by atoms with Crippen LogP contribution in [0.1, 0.15) is 52.4 Å². The van der Waals surface area contributed by atoms with Crippen LogP contribution < -0.4 is 5.32 Å². The van der Waals surface area contributed by atoms with E-state index < -0.39 is 11.5 Å². The quantitative estimate of drug-likeness (QED) is 0.784. The number of likely N-dealkylation sites (N-methyl/N-ethyl adjacent to an activating group) is 1. The average Bonchev–Trinajstić information content (AvgIpc) is 2.48. The van der Waals surface area contributed by atoms with Gasteiger partial charge in [-0.1, -0.05) is 6.92 Å². The molecular formula is C16H30N2O3. The Kier molecular flexibility index (Phi) is 6.02. The van der Waals surface area contributed by atoms with Crippen molar-refractivity contribution in [2.75, 3.05) is 26.2 Å². The molecule has 2 rings (SSSR count). The van der Waals surface area contributed by atoms with Gasteiger partial charge in [0.1, 0.15) is 5.54 Å². The van der Waals surface area contributed by atoms with Crippen LogP contribution in [0.5, 0.6) is 0 Å². The number of ether oxygens (including phenoxy) is 1. The van der Waals surface area contributed by atoms with Gasteiger partial charge in [0.05, 0.1) is 6.10 Å². The summed E-state index contributed by atoms with van der Waals surface area (Å²) in [7, 11) is 0. The first-order valence-electron chi connectivity index (χ1n) is 8.45. The van der Waals surface area contributed by atoms with Crippen molar-refractivity contribution in [3.8, 4) is 0 Å². The Morgan fingerprint density at radius 3 is 2.86 bits per heavy atom. The standard InChI is InChI=1S/C16H30N2O3/c1-3-17-16(15(19)20)9-5-7-13(11-16)18-10-6-8-14(12-18)21-4-2/h13-14,17H,3-12H2,1-2H3,(H,19,20). The molecule has 5 heteroatoms. The van der Waals surface area contributed by atoms with Gasteiger partial charge in [-0.25, -0.2) is 0 Å². The van der Waals surface area contributed by atoms with Gasteiger partial charge in [-0.15, -0.1) is 0 Å². The maximum atomic E-state index is 11.8. The lowest BCUT2D eigenvalue weighted by atomic mass is 9.78. The Hall–Kier alpha value is -0.650. The molecule has 3 atom stereocenters. The molecule has 21 heavy (non-hydrogen) atoms. The lowest BCUT2D eigenvalue weighted by Crippen LogP contribution is -2.59. The van der Waals surface area contributed by atoms with E-state index in [0.717, 1.165) is 58.2 Å². The topological polar surface area (TPSA) is 61.8 Å². The van der Waals surface area contributed by atoms with Gasteiger partial charge in [0.2, 0.25) is 0 Å². The summed E-state index contributed by atoms with van der Waals surface area (Å²) in [6.45, 7) is 7.54. The molecule has 2 aliphatic rings. The second kappa shape index (κ2) is 7.56. The Balaban J connectivity index is 2.00. The third kappa shape index (κ3) is 3.96. The largest absolute Gasteiger partial charge is 0.480 e. The third-order valence-electron chi connectivity index (χ3n) is 4.98. The molecule has 0 bridgehead atoms. The predicted molar refractivity (Wildman–Crippen MR) is 82.5 cm³/mol. The second-order valence-corrected chi connectivity index (χ2v) is 6.38. The molecular weight excluding hydrogens is 268 g/mol. The van der Waals surface area contributed by atoms with Crippen molar-refractivity contribution in [3.63, 3.8) is 0 Å². The number of piperidine rings is 1. The van der Waals surface area contributed by atoms with Crippen LogP contribution in [0.15, 0.2) is 0 Å². The summed E-state index contributed by atoms with van der Waals surface area (Å²) >= 11 is 0. The van der Waals surface area contributed by atoms with E-state index in [0.29, 0.717) is 18.7 Å². The van der Waals surface area contributed by atoms with Gasteiger partial charge in [-0.05, 0) is 58.5 Å². The Morgan fingerprint density at radius 2 is 2.19 bits per heavy atom. The maximum Gasteiger partial charge on any atom is 0.323 e. The maximum absolute atomic E-state index is 11.8. The van der Waals surface area contributed by atoms with Gasteiger partial charge >= 0.3 is 5.97 Å². The van der Waals surface area contributed by atoms with Crippen molar-refractivity contribution < 1.29 is 14.6 Å². The summed E-state index contributed by atoms with van der Waals surface area (Å²) < 4.78 is 5.78. The molecule has 0 aromatic heterocycles. The lowest BCUT2D eigenvalue weighted by molar-refractivity contribution is -0.147. The van der Waals surface area contributed by atoms with Crippen LogP contribution in [0.3, 0.4) is 0 Å². The van der Waals surface area contributed by atoms with E-state index >= 15 is 0 Å². The van der Waals surface area contributed by atoms with Gasteiger partial charge in [-0.3, -0.25) is 9.69 Å². The van der Waals surface area contributed by atoms with Crippen LogP contribution in [-0.2, 0) is 9.53 Å². The molecule has 1 saturated carbocycles. The van der Waals surface area contributed by atoms with Crippen molar-refractivity contribution in [3.05, 3.63) is 0 Å². The number of carboxylic acids is 1. The van der Waals surface area contributed by atoms with Crippen molar-refractivity contribution >= 4 is 5.97 Å². The number of hydrogen-bond donors (Lipinski definition) is 2. The zero-order valence-corrected chi connectivity index (χ0v) is 13.4. The minimum atomic E-state index is -0.726. The highest BCUT2D eigenvalue weighted by Crippen LogP contribution is 2.33. The van der Waals surface area contributed by atoms with E-state index in [-0.39, 0.29) is 0 Å². The van der Waals surface area contributed by atoms with Gasteiger partial charge in [0.15, 0.2) is 0 Å². The van der Waals surface area contributed by atoms with Gasteiger partial charge in [0, 0.05) is 19.2 Å². The minimum absolute atomic E-state index is 0.323. The molecule has 0 aromatic carbocycles. The zero-order valence-electron chi connectivity index (χ0n) is 13.4. The monoisotopic (exact) mass is 298 g/mol. The molecule has 1 saturated heterocycles. The summed E-state index contributed by atoms with van der Waals surface area (Å²) in [5.74, 6) is -0.688. The molecule has 1 aliphatic heterocycles. The summed E-state index contributed by atoms with van der Waals surface area (Å²) in [6.07, 6.45) is 6.17. The van der Waals surface area contributed by atoms with E-state index in [9.17, 15) is 9.90 Å². The molecule has 2 fully saturated rings. The Morgan fingerprint density at radius 1 is 1.38 bits per heavy atom. The van der Waals surface area contributed by atoms with Crippen molar-refractivity contribution in [1.82, 2.24) is 10.2 Å². The number of carbonyl (C=O) groups is 1. The zero-order chi connectivity index (χ0) is 15.3. The summed E-state index contributed by atoms with van der Waals surface area (Å²) in [5, 5.41) is 12.9. The third-order valence-corrected chi connectivity index (χ3v) is 4.98. The first kappa shape index (κ1) is 16.7. The SMILES string of the molecule is CCNC1(C(=O)O)CCCC(N2CCCC(OCC)C2)C1. The van der Waals surface area contributed by atoms with Crippen molar-refractivity contribution in [2.24, 2.45) is 0 Å². The van der Waals surface area contributed by atoms with Crippen LogP contribution >= 0.6 is 0 Å². The van der Waals surface area contributed by atoms with Crippen LogP contribution in [0.2, 0.25) is 0 Å². The van der Waals surface area contributed by atoms with E-state index in [1.807, 2.05) is 13.8 Å². The van der Waals surface area contributed by atoms with E-state index in [2.05, 4.69) is 10.2 Å². The molecule has 5 nitrogen and oxygen atoms in total. The predicted octanol–water partition coefficient (Wildman–Crippen LogP) is 1.86. The molecule has 2 N–H and O–H groups in total. The van der Waals surface area contributed by atoms with Gasteiger partial charge in [0.25, 0.3) is 0 Å². The normalized spacial score (nSPS) is 34.8. The molecule has 0 amide bonds. The first-order valence-corrected chi connectivity index (χ1v) is 8.45. The Bertz CT molecular complexity index is 344. The van der Waals surface area contributed by atoms with Gasteiger partial charge in [-0.2, -0.15) is 0 Å². The summed E-state index contributed by atoms with van der Waals surface area (Å²) in [5.41, 5.74) is -0.726. The van der Waals surface area contributed by atoms with E-state index in [1.165, 1.54) is 0 Å². The molecule has 122 valence electrons. The molecule has 1 heterocycles. The molecule has 1 aliphatic carbocycles. The van der Waals surface area contributed by atoms with E-state index in [4.69, 9.17) is 4.74 Å². The van der Waals surface area contributed by atoms with E-state index in [1.54, 1.807) is 0 Å². The highest BCUT2D eigenvalue weighted by molar-refractivity contribution is 5.79. The summed E-state index contributed by atoms with van der Waals surface area (Å²) in [6, 6.07) is 0.372. The number of aliphatic carboxylic acids is 1. The van der Waals surface area contributed by atoms with Crippen molar-refractivity contribution in [2.45, 2.75) is 70.1 Å². The second-order valence-electron chi connectivity index (χ2n) is 6.38. The fraction of sp³-hybridized carbons (Fsp3) is 0.938. The number of rotatable bonds is 6. The summed E-state index contributed by atoms with van der Waals surface area (Å²) in [4.78, 5) is 14.2. The first-order chi connectivity index (χ1) is 10.1. The minimum Gasteiger partial charge on any atom is -0.480 e. The lowest BCUT2D eigenvalue weighted by Gasteiger charge is -2.45. The number of nitrogens with one attached hydrogen (secondary N) is 1. The number of carboxylic acid groups (broad SMARTS) is 1. The van der Waals surface area contributed by atoms with Crippen LogP contribution in [-0.4, -0.2) is 59.9 Å². The van der Waals surface area contributed by atoms with Crippen LogP contribution in [0, 0.1) is 0 Å². The number of hydrogen-bond acceptors (Lipinski definition) is 4. The fourth-order valence-electron chi connectivity index (χ4n) is 4.00. The molecule has 0 radical (unpaired) electrons. The van der Waals surface area contributed by atoms with Crippen LogP contribution in [0.4, 0.5) is 0 Å². The Labute approximate surface area is 128 Å². The smallest absolute Gasteiger partial charge is 0.323 e. The fourth-order valence-corrected chi connectivity index (χ4v) is 4.00. The molecule has 0 aromatic rings.